The summed E-state index contributed by atoms with van der Waals surface area (Å²) in [5, 5.41) is 8.78. The minimum absolute atomic E-state index is 0.197. The van der Waals surface area contributed by atoms with E-state index in [1.807, 2.05) is 30.3 Å². The van der Waals surface area contributed by atoms with Crippen LogP contribution in [0, 0.1) is 17.2 Å². The molecule has 3 rings (SSSR count). The fourth-order valence-electron chi connectivity index (χ4n) is 2.75. The third-order valence-corrected chi connectivity index (χ3v) is 3.99. The summed E-state index contributed by atoms with van der Waals surface area (Å²) in [4.78, 5) is 10.3. The SMILES string of the molecule is N#C[C@H]1CCN(Cc2ccc(-c3ccccn3)nc2)CC1(F)F. The number of halogens is 2. The molecule has 0 N–H and O–H groups in total. The van der Waals surface area contributed by atoms with Crippen molar-refractivity contribution in [3.05, 3.63) is 48.3 Å². The summed E-state index contributed by atoms with van der Waals surface area (Å²) in [5.74, 6) is -4.13. The smallest absolute Gasteiger partial charge is 0.276 e. The van der Waals surface area contributed by atoms with Crippen LogP contribution in [0.25, 0.3) is 11.4 Å². The van der Waals surface area contributed by atoms with E-state index in [9.17, 15) is 8.78 Å². The summed E-state index contributed by atoms with van der Waals surface area (Å²) in [6.07, 6.45) is 3.59. The fourth-order valence-corrected chi connectivity index (χ4v) is 2.75. The number of aromatic nitrogens is 2. The maximum Gasteiger partial charge on any atom is 0.276 e. The Bertz CT molecular complexity index is 695. The molecule has 0 radical (unpaired) electrons. The third-order valence-electron chi connectivity index (χ3n) is 3.99. The van der Waals surface area contributed by atoms with E-state index < -0.39 is 11.8 Å². The van der Waals surface area contributed by atoms with Gasteiger partial charge in [-0.15, -0.1) is 0 Å². The van der Waals surface area contributed by atoms with Gasteiger partial charge in [0.1, 0.15) is 5.92 Å². The normalized spacial score (nSPS) is 20.8. The molecule has 3 heterocycles. The molecule has 23 heavy (non-hydrogen) atoms. The van der Waals surface area contributed by atoms with E-state index in [0.717, 1.165) is 17.0 Å². The van der Waals surface area contributed by atoms with Crippen molar-refractivity contribution < 1.29 is 8.78 Å². The average Bonchev–Trinajstić information content (AvgIpc) is 2.56. The summed E-state index contributed by atoms with van der Waals surface area (Å²) >= 11 is 0. The Kier molecular flexibility index (Phi) is 4.30. The Balaban J connectivity index is 1.67. The Labute approximate surface area is 133 Å². The highest BCUT2D eigenvalue weighted by Gasteiger charge is 2.44. The van der Waals surface area contributed by atoms with Gasteiger partial charge in [0.2, 0.25) is 0 Å². The molecule has 0 amide bonds. The van der Waals surface area contributed by atoms with Crippen LogP contribution in [0.5, 0.6) is 0 Å². The van der Waals surface area contributed by atoms with E-state index in [1.165, 1.54) is 0 Å². The molecule has 1 atom stereocenters. The van der Waals surface area contributed by atoms with Crippen molar-refractivity contribution in [3.8, 4) is 17.5 Å². The van der Waals surface area contributed by atoms with Gasteiger partial charge in [-0.25, -0.2) is 8.78 Å². The molecule has 0 saturated carbocycles. The third kappa shape index (κ3) is 3.51. The number of piperidine rings is 1. The number of rotatable bonds is 3. The summed E-state index contributed by atoms with van der Waals surface area (Å²) in [6.45, 7) is 0.520. The quantitative estimate of drug-likeness (QED) is 0.873. The minimum Gasteiger partial charge on any atom is -0.293 e. The number of nitrogens with zero attached hydrogens (tertiary/aromatic N) is 4. The lowest BCUT2D eigenvalue weighted by atomic mass is 9.94. The second-order valence-corrected chi connectivity index (χ2v) is 5.71. The van der Waals surface area contributed by atoms with Gasteiger partial charge in [-0.3, -0.25) is 14.9 Å². The molecule has 0 aliphatic carbocycles. The van der Waals surface area contributed by atoms with E-state index in [1.54, 1.807) is 23.4 Å². The van der Waals surface area contributed by atoms with Crippen LogP contribution in [-0.4, -0.2) is 33.9 Å². The fraction of sp³-hybridized carbons (Fsp3) is 0.353. The molecule has 0 unspecified atom stereocenters. The van der Waals surface area contributed by atoms with Crippen LogP contribution in [0.3, 0.4) is 0 Å². The van der Waals surface area contributed by atoms with Gasteiger partial charge in [0, 0.05) is 25.5 Å². The Morgan fingerprint density at radius 1 is 1.22 bits per heavy atom. The average molecular weight is 314 g/mol. The molecule has 0 spiro atoms. The van der Waals surface area contributed by atoms with Gasteiger partial charge in [0.05, 0.1) is 24.0 Å². The van der Waals surface area contributed by atoms with E-state index >= 15 is 0 Å². The van der Waals surface area contributed by atoms with Gasteiger partial charge < -0.3 is 0 Å². The van der Waals surface area contributed by atoms with Crippen molar-refractivity contribution in [2.75, 3.05) is 13.1 Å². The predicted molar refractivity (Wildman–Crippen MR) is 81.4 cm³/mol. The number of nitriles is 1. The van der Waals surface area contributed by atoms with Gasteiger partial charge in [0.25, 0.3) is 5.92 Å². The minimum atomic E-state index is -2.95. The summed E-state index contributed by atoms with van der Waals surface area (Å²) < 4.78 is 27.6. The largest absolute Gasteiger partial charge is 0.293 e. The highest BCUT2D eigenvalue weighted by molar-refractivity contribution is 5.53. The van der Waals surface area contributed by atoms with Crippen molar-refractivity contribution in [2.45, 2.75) is 18.9 Å². The molecule has 2 aromatic heterocycles. The molecule has 1 aliphatic rings. The number of hydrogen-bond donors (Lipinski definition) is 0. The monoisotopic (exact) mass is 314 g/mol. The molecular weight excluding hydrogens is 298 g/mol. The van der Waals surface area contributed by atoms with Crippen molar-refractivity contribution in [2.24, 2.45) is 5.92 Å². The highest BCUT2D eigenvalue weighted by atomic mass is 19.3. The van der Waals surface area contributed by atoms with Gasteiger partial charge in [-0.2, -0.15) is 5.26 Å². The summed E-state index contributed by atoms with van der Waals surface area (Å²) in [6, 6.07) is 11.0. The molecule has 1 fully saturated rings. The van der Waals surface area contributed by atoms with E-state index in [-0.39, 0.29) is 13.0 Å². The van der Waals surface area contributed by atoms with Crippen LogP contribution in [-0.2, 0) is 6.54 Å². The topological polar surface area (TPSA) is 52.8 Å². The molecular formula is C17H16F2N4. The first kappa shape index (κ1) is 15.5. The van der Waals surface area contributed by atoms with Gasteiger partial charge >= 0.3 is 0 Å². The van der Waals surface area contributed by atoms with Crippen LogP contribution >= 0.6 is 0 Å². The maximum absolute atomic E-state index is 13.8. The first-order valence-electron chi connectivity index (χ1n) is 7.44. The first-order chi connectivity index (χ1) is 11.1. The highest BCUT2D eigenvalue weighted by Crippen LogP contribution is 2.32. The van der Waals surface area contributed by atoms with Crippen molar-refractivity contribution in [3.63, 3.8) is 0 Å². The van der Waals surface area contributed by atoms with Crippen LogP contribution < -0.4 is 0 Å². The number of alkyl halides is 2. The van der Waals surface area contributed by atoms with Crippen LogP contribution in [0.2, 0.25) is 0 Å². The van der Waals surface area contributed by atoms with Crippen LogP contribution in [0.4, 0.5) is 8.78 Å². The molecule has 0 bridgehead atoms. The zero-order valence-electron chi connectivity index (χ0n) is 12.5. The Hall–Kier alpha value is -2.39. The molecule has 6 heteroatoms. The lowest BCUT2D eigenvalue weighted by Crippen LogP contribution is -2.47. The van der Waals surface area contributed by atoms with Crippen LogP contribution in [0.1, 0.15) is 12.0 Å². The molecule has 0 aromatic carbocycles. The number of hydrogen-bond acceptors (Lipinski definition) is 4. The lowest BCUT2D eigenvalue weighted by Gasteiger charge is -2.35. The molecule has 2 aromatic rings. The standard InChI is InChI=1S/C17H16F2N4/c18-17(19)12-23(8-6-14(17)9-20)11-13-4-5-16(22-10-13)15-3-1-2-7-21-15/h1-5,7,10,14H,6,8,11-12H2/t14-/m1/s1. The molecule has 4 nitrogen and oxygen atoms in total. The second-order valence-electron chi connectivity index (χ2n) is 5.71. The summed E-state index contributed by atoms with van der Waals surface area (Å²) in [5.41, 5.74) is 2.40. The molecule has 1 aliphatic heterocycles. The van der Waals surface area contributed by atoms with E-state index in [4.69, 9.17) is 5.26 Å². The van der Waals surface area contributed by atoms with Gasteiger partial charge in [-0.1, -0.05) is 12.1 Å². The number of pyridine rings is 2. The Morgan fingerprint density at radius 2 is 2.04 bits per heavy atom. The molecule has 1 saturated heterocycles. The molecule has 118 valence electrons. The number of likely N-dealkylation sites (tertiary alicyclic amines) is 1. The lowest BCUT2D eigenvalue weighted by molar-refractivity contribution is -0.0938. The van der Waals surface area contributed by atoms with Crippen molar-refractivity contribution in [1.29, 1.82) is 5.26 Å². The zero-order chi connectivity index (χ0) is 16.3. The summed E-state index contributed by atoms with van der Waals surface area (Å²) in [7, 11) is 0. The van der Waals surface area contributed by atoms with E-state index in [0.29, 0.717) is 13.1 Å². The van der Waals surface area contributed by atoms with Gasteiger partial charge in [-0.05, 0) is 30.2 Å². The van der Waals surface area contributed by atoms with E-state index in [2.05, 4.69) is 9.97 Å². The van der Waals surface area contributed by atoms with Crippen molar-refractivity contribution >= 4 is 0 Å². The second kappa shape index (κ2) is 6.39. The maximum atomic E-state index is 13.8. The van der Waals surface area contributed by atoms with Gasteiger partial charge in [0.15, 0.2) is 0 Å². The van der Waals surface area contributed by atoms with Crippen molar-refractivity contribution in [1.82, 2.24) is 14.9 Å². The zero-order valence-corrected chi connectivity index (χ0v) is 12.5. The predicted octanol–water partition coefficient (Wildman–Crippen LogP) is 3.12. The Morgan fingerprint density at radius 3 is 2.65 bits per heavy atom. The first-order valence-corrected chi connectivity index (χ1v) is 7.44. The van der Waals surface area contributed by atoms with Crippen LogP contribution in [0.15, 0.2) is 42.7 Å².